The summed E-state index contributed by atoms with van der Waals surface area (Å²) < 4.78 is 1.81. The Morgan fingerprint density at radius 1 is 1.30 bits per heavy atom. The van der Waals surface area contributed by atoms with Crippen LogP contribution in [0.4, 0.5) is 0 Å². The average molecular weight is 297 g/mol. The van der Waals surface area contributed by atoms with Gasteiger partial charge in [0, 0.05) is 33.0 Å². The second-order valence-electron chi connectivity index (χ2n) is 4.80. The van der Waals surface area contributed by atoms with Crippen molar-refractivity contribution in [3.05, 3.63) is 5.82 Å². The van der Waals surface area contributed by atoms with E-state index < -0.39 is 0 Å². The maximum Gasteiger partial charge on any atom is 0.233 e. The smallest absolute Gasteiger partial charge is 0.233 e. The van der Waals surface area contributed by atoms with Crippen molar-refractivity contribution in [3.8, 4) is 0 Å². The molecule has 1 aromatic rings. The average Bonchev–Trinajstić information content (AvgIpc) is 3.04. The summed E-state index contributed by atoms with van der Waals surface area (Å²) in [7, 11) is 1.83. The Morgan fingerprint density at radius 3 is 2.65 bits per heavy atom. The van der Waals surface area contributed by atoms with E-state index in [2.05, 4.69) is 10.2 Å². The van der Waals surface area contributed by atoms with Crippen LogP contribution in [0.3, 0.4) is 0 Å². The normalized spacial score (nSPS) is 14.8. The van der Waals surface area contributed by atoms with Crippen LogP contribution >= 0.6 is 11.8 Å². The van der Waals surface area contributed by atoms with Crippen LogP contribution in [0.1, 0.15) is 25.1 Å². The fraction of sp³-hybridized carbons (Fsp3) is 0.667. The first-order valence-corrected chi connectivity index (χ1v) is 7.63. The lowest BCUT2D eigenvalue weighted by atomic mass is 10.3. The molecule has 2 N–H and O–H groups in total. The van der Waals surface area contributed by atoms with Crippen LogP contribution in [-0.4, -0.2) is 50.3 Å². The summed E-state index contributed by atoms with van der Waals surface area (Å²) in [6.07, 6.45) is 2.91. The Balaban J connectivity index is 1.86. The Labute approximate surface area is 121 Å². The molecule has 2 amide bonds. The molecule has 2 rings (SSSR count). The molecular formula is C12H19N5O2S. The molecule has 0 unspecified atom stereocenters. The Hall–Kier alpha value is -1.57. The number of primary amides is 1. The van der Waals surface area contributed by atoms with Crippen molar-refractivity contribution in [1.29, 1.82) is 0 Å². The van der Waals surface area contributed by atoms with Gasteiger partial charge in [0.15, 0.2) is 5.16 Å². The fourth-order valence-corrected chi connectivity index (χ4v) is 2.94. The molecule has 0 aliphatic carbocycles. The number of hydrogen-bond acceptors (Lipinski definition) is 5. The van der Waals surface area contributed by atoms with Crippen LogP contribution in [-0.2, 0) is 23.1 Å². The highest BCUT2D eigenvalue weighted by atomic mass is 32.2. The van der Waals surface area contributed by atoms with E-state index in [1.165, 1.54) is 11.8 Å². The minimum atomic E-state index is -0.355. The number of carbonyl (C=O) groups excluding carboxylic acids is 2. The van der Waals surface area contributed by atoms with Crippen molar-refractivity contribution >= 4 is 23.6 Å². The van der Waals surface area contributed by atoms with Crippen LogP contribution in [0, 0.1) is 0 Å². The van der Waals surface area contributed by atoms with Gasteiger partial charge in [-0.15, -0.1) is 10.2 Å². The minimum absolute atomic E-state index is 0.147. The number of hydrogen-bond donors (Lipinski definition) is 1. The standard InChI is InChI=1S/C12H19N5O2S/c1-16-10(5-4-9(13)18)14-15-12(16)20-8-11(19)17-6-2-3-7-17/h2-8H2,1H3,(H2,13,18). The third-order valence-electron chi connectivity index (χ3n) is 3.30. The van der Waals surface area contributed by atoms with Gasteiger partial charge < -0.3 is 15.2 Å². The van der Waals surface area contributed by atoms with Gasteiger partial charge in [-0.05, 0) is 12.8 Å². The second-order valence-corrected chi connectivity index (χ2v) is 5.74. The number of nitrogens with zero attached hydrogens (tertiary/aromatic N) is 4. The van der Waals surface area contributed by atoms with E-state index in [0.29, 0.717) is 23.2 Å². The highest BCUT2D eigenvalue weighted by Crippen LogP contribution is 2.18. The molecule has 20 heavy (non-hydrogen) atoms. The predicted octanol–water partition coefficient (Wildman–Crippen LogP) is -0.0525. The Kier molecular flexibility index (Phi) is 4.99. The molecule has 2 heterocycles. The molecule has 0 atom stereocenters. The van der Waals surface area contributed by atoms with Crippen molar-refractivity contribution in [3.63, 3.8) is 0 Å². The van der Waals surface area contributed by atoms with Crippen LogP contribution in [0.25, 0.3) is 0 Å². The van der Waals surface area contributed by atoms with E-state index in [4.69, 9.17) is 5.73 Å². The number of nitrogens with two attached hydrogens (primary N) is 1. The maximum atomic E-state index is 11.9. The molecule has 1 aliphatic rings. The summed E-state index contributed by atoms with van der Waals surface area (Å²) in [6, 6.07) is 0. The van der Waals surface area contributed by atoms with Crippen molar-refractivity contribution in [2.45, 2.75) is 30.8 Å². The number of thioether (sulfide) groups is 1. The van der Waals surface area contributed by atoms with Crippen molar-refractivity contribution in [2.24, 2.45) is 12.8 Å². The number of amides is 2. The number of carbonyl (C=O) groups is 2. The van der Waals surface area contributed by atoms with Crippen LogP contribution in [0.2, 0.25) is 0 Å². The summed E-state index contributed by atoms with van der Waals surface area (Å²) in [5, 5.41) is 8.76. The van der Waals surface area contributed by atoms with Gasteiger partial charge in [-0.3, -0.25) is 9.59 Å². The highest BCUT2D eigenvalue weighted by Gasteiger charge is 2.19. The van der Waals surface area contributed by atoms with Gasteiger partial charge in [0.05, 0.1) is 5.75 Å². The summed E-state index contributed by atoms with van der Waals surface area (Å²) in [6.45, 7) is 1.73. The van der Waals surface area contributed by atoms with Crippen molar-refractivity contribution in [2.75, 3.05) is 18.8 Å². The summed E-state index contributed by atoms with van der Waals surface area (Å²) in [4.78, 5) is 24.6. The topological polar surface area (TPSA) is 94.1 Å². The molecule has 0 bridgehead atoms. The third-order valence-corrected chi connectivity index (χ3v) is 4.31. The van der Waals surface area contributed by atoms with Gasteiger partial charge in [-0.25, -0.2) is 0 Å². The SMILES string of the molecule is Cn1c(CCC(N)=O)nnc1SCC(=O)N1CCCC1. The zero-order chi connectivity index (χ0) is 14.5. The number of likely N-dealkylation sites (tertiary alicyclic amines) is 1. The molecule has 1 saturated heterocycles. The first kappa shape index (κ1) is 14.8. The fourth-order valence-electron chi connectivity index (χ4n) is 2.11. The summed E-state index contributed by atoms with van der Waals surface area (Å²) >= 11 is 1.38. The summed E-state index contributed by atoms with van der Waals surface area (Å²) in [5.41, 5.74) is 5.11. The highest BCUT2D eigenvalue weighted by molar-refractivity contribution is 7.99. The second kappa shape index (κ2) is 6.74. The zero-order valence-corrected chi connectivity index (χ0v) is 12.4. The largest absolute Gasteiger partial charge is 0.370 e. The first-order chi connectivity index (χ1) is 9.58. The van der Waals surface area contributed by atoms with E-state index >= 15 is 0 Å². The van der Waals surface area contributed by atoms with Gasteiger partial charge in [0.1, 0.15) is 5.82 Å². The number of rotatable bonds is 6. The van der Waals surface area contributed by atoms with Gasteiger partial charge in [-0.1, -0.05) is 11.8 Å². The van der Waals surface area contributed by atoms with E-state index in [0.717, 1.165) is 25.9 Å². The lowest BCUT2D eigenvalue weighted by Gasteiger charge is -2.14. The lowest BCUT2D eigenvalue weighted by molar-refractivity contribution is -0.127. The molecule has 1 aromatic heterocycles. The molecule has 8 heteroatoms. The van der Waals surface area contributed by atoms with Crippen LogP contribution < -0.4 is 5.73 Å². The Bertz CT molecular complexity index is 496. The molecular weight excluding hydrogens is 278 g/mol. The minimum Gasteiger partial charge on any atom is -0.370 e. The van der Waals surface area contributed by atoms with Crippen molar-refractivity contribution < 1.29 is 9.59 Å². The maximum absolute atomic E-state index is 11.9. The Morgan fingerprint density at radius 2 is 2.00 bits per heavy atom. The monoisotopic (exact) mass is 297 g/mol. The van der Waals surface area contributed by atoms with Crippen LogP contribution in [0.15, 0.2) is 5.16 Å². The molecule has 0 radical (unpaired) electrons. The molecule has 110 valence electrons. The van der Waals surface area contributed by atoms with Gasteiger partial charge in [-0.2, -0.15) is 0 Å². The van der Waals surface area contributed by atoms with E-state index in [-0.39, 0.29) is 18.2 Å². The summed E-state index contributed by atoms with van der Waals surface area (Å²) in [5.74, 6) is 0.877. The van der Waals surface area contributed by atoms with Gasteiger partial charge in [0.25, 0.3) is 0 Å². The first-order valence-electron chi connectivity index (χ1n) is 6.65. The molecule has 0 aromatic carbocycles. The molecule has 1 fully saturated rings. The van der Waals surface area contributed by atoms with Gasteiger partial charge in [0.2, 0.25) is 11.8 Å². The number of aryl methyl sites for hydroxylation is 1. The van der Waals surface area contributed by atoms with E-state index in [9.17, 15) is 9.59 Å². The molecule has 0 spiro atoms. The molecule has 1 aliphatic heterocycles. The quantitative estimate of drug-likeness (QED) is 0.743. The van der Waals surface area contributed by atoms with E-state index in [1.54, 1.807) is 0 Å². The number of aromatic nitrogens is 3. The molecule has 0 saturated carbocycles. The van der Waals surface area contributed by atoms with E-state index in [1.807, 2.05) is 16.5 Å². The predicted molar refractivity (Wildman–Crippen MR) is 75.1 cm³/mol. The third kappa shape index (κ3) is 3.72. The van der Waals surface area contributed by atoms with Gasteiger partial charge >= 0.3 is 0 Å². The molecule has 7 nitrogen and oxygen atoms in total. The van der Waals surface area contributed by atoms with Crippen LogP contribution in [0.5, 0.6) is 0 Å². The van der Waals surface area contributed by atoms with Crippen molar-refractivity contribution in [1.82, 2.24) is 19.7 Å². The lowest BCUT2D eigenvalue weighted by Crippen LogP contribution is -2.29. The zero-order valence-electron chi connectivity index (χ0n) is 11.5.